The molecule has 0 bridgehead atoms. The van der Waals surface area contributed by atoms with Gasteiger partial charge in [-0.25, -0.2) is 0 Å². The molecule has 0 atom stereocenters. The third-order valence-electron chi connectivity index (χ3n) is 1.77. The minimum Gasteiger partial charge on any atom is -0.393 e. The maximum atomic E-state index is 11.3. The van der Waals surface area contributed by atoms with Gasteiger partial charge in [0.15, 0.2) is 0 Å². The Hall–Kier alpha value is -1.95. The van der Waals surface area contributed by atoms with Crippen molar-refractivity contribution in [2.75, 3.05) is 5.32 Å². The maximum absolute atomic E-state index is 11.3. The van der Waals surface area contributed by atoms with E-state index in [1.807, 2.05) is 0 Å². The molecular formula is C10H11N3O2S. The molecule has 0 fully saturated rings. The molecular weight excluding hydrogens is 226 g/mol. The fourth-order valence-corrected chi connectivity index (χ4v) is 1.24. The first kappa shape index (κ1) is 12.1. The van der Waals surface area contributed by atoms with Gasteiger partial charge in [-0.05, 0) is 18.2 Å². The van der Waals surface area contributed by atoms with E-state index in [2.05, 4.69) is 17.5 Å². The molecule has 0 aliphatic carbocycles. The fraction of sp³-hybridized carbons (Fsp3) is 0.100. The number of carbonyl (C=O) groups is 2. The van der Waals surface area contributed by atoms with Crippen molar-refractivity contribution >= 4 is 34.7 Å². The molecule has 84 valence electrons. The van der Waals surface area contributed by atoms with Crippen LogP contribution in [0.5, 0.6) is 0 Å². The zero-order valence-electron chi connectivity index (χ0n) is 8.40. The quantitative estimate of drug-likeness (QED) is 0.660. The Balaban J connectivity index is 2.74. The fourth-order valence-electron chi connectivity index (χ4n) is 1.11. The van der Waals surface area contributed by atoms with E-state index in [0.29, 0.717) is 11.3 Å². The van der Waals surface area contributed by atoms with Crippen molar-refractivity contribution in [3.63, 3.8) is 0 Å². The van der Waals surface area contributed by atoms with E-state index in [9.17, 15) is 9.59 Å². The summed E-state index contributed by atoms with van der Waals surface area (Å²) in [6.07, 6.45) is -0.0316. The summed E-state index contributed by atoms with van der Waals surface area (Å²) in [5, 5.41) is 2.55. The van der Waals surface area contributed by atoms with Crippen LogP contribution < -0.4 is 16.8 Å². The smallest absolute Gasteiger partial charge is 0.248 e. The van der Waals surface area contributed by atoms with Gasteiger partial charge < -0.3 is 16.8 Å². The zero-order valence-corrected chi connectivity index (χ0v) is 9.21. The Morgan fingerprint density at radius 2 is 2.00 bits per heavy atom. The average molecular weight is 237 g/mol. The van der Waals surface area contributed by atoms with Crippen molar-refractivity contribution in [2.24, 2.45) is 11.5 Å². The van der Waals surface area contributed by atoms with E-state index in [1.165, 1.54) is 6.07 Å². The van der Waals surface area contributed by atoms with E-state index in [4.69, 9.17) is 11.5 Å². The monoisotopic (exact) mass is 237 g/mol. The van der Waals surface area contributed by atoms with Gasteiger partial charge in [0.1, 0.15) is 0 Å². The van der Waals surface area contributed by atoms with Crippen LogP contribution in [-0.2, 0) is 4.79 Å². The molecule has 16 heavy (non-hydrogen) atoms. The van der Waals surface area contributed by atoms with Crippen LogP contribution in [0.3, 0.4) is 0 Å². The first-order valence-corrected chi connectivity index (χ1v) is 4.88. The summed E-state index contributed by atoms with van der Waals surface area (Å²) in [6.45, 7) is 0. The maximum Gasteiger partial charge on any atom is 0.248 e. The lowest BCUT2D eigenvalue weighted by atomic mass is 10.2. The first-order valence-electron chi connectivity index (χ1n) is 4.47. The molecule has 1 rings (SSSR count). The van der Waals surface area contributed by atoms with E-state index >= 15 is 0 Å². The number of hydrogen-bond donors (Lipinski definition) is 3. The molecule has 0 aliphatic rings. The molecule has 0 saturated carbocycles. The highest BCUT2D eigenvalue weighted by atomic mass is 32.1. The lowest BCUT2D eigenvalue weighted by molar-refractivity contribution is -0.115. The van der Waals surface area contributed by atoms with Crippen LogP contribution in [0.1, 0.15) is 16.8 Å². The van der Waals surface area contributed by atoms with E-state index in [0.717, 1.165) is 0 Å². The predicted molar refractivity (Wildman–Crippen MR) is 65.0 cm³/mol. The van der Waals surface area contributed by atoms with Crippen molar-refractivity contribution in [1.29, 1.82) is 0 Å². The van der Waals surface area contributed by atoms with Gasteiger partial charge >= 0.3 is 0 Å². The van der Waals surface area contributed by atoms with Crippen LogP contribution >= 0.6 is 12.2 Å². The van der Waals surface area contributed by atoms with E-state index in [1.54, 1.807) is 18.2 Å². The molecule has 0 saturated heterocycles. The largest absolute Gasteiger partial charge is 0.393 e. The van der Waals surface area contributed by atoms with Crippen LogP contribution in [0.15, 0.2) is 24.3 Å². The van der Waals surface area contributed by atoms with Crippen LogP contribution in [0.4, 0.5) is 5.69 Å². The Labute approximate surface area is 97.8 Å². The van der Waals surface area contributed by atoms with E-state index in [-0.39, 0.29) is 17.3 Å². The molecule has 6 heteroatoms. The number of carbonyl (C=O) groups excluding carboxylic acids is 2. The first-order chi connectivity index (χ1) is 7.49. The molecule has 0 radical (unpaired) electrons. The number of anilines is 1. The van der Waals surface area contributed by atoms with Gasteiger partial charge in [0, 0.05) is 11.3 Å². The van der Waals surface area contributed by atoms with E-state index < -0.39 is 5.91 Å². The predicted octanol–water partition coefficient (Wildman–Crippen LogP) is 0.400. The second-order valence-electron chi connectivity index (χ2n) is 3.14. The van der Waals surface area contributed by atoms with Crippen LogP contribution in [0.2, 0.25) is 0 Å². The summed E-state index contributed by atoms with van der Waals surface area (Å²) >= 11 is 4.60. The second-order valence-corrected chi connectivity index (χ2v) is 3.66. The molecule has 0 heterocycles. The molecule has 1 aromatic rings. The van der Waals surface area contributed by atoms with Gasteiger partial charge in [0.25, 0.3) is 0 Å². The van der Waals surface area contributed by atoms with Gasteiger partial charge in [-0.1, -0.05) is 18.3 Å². The number of primary amides is 1. The van der Waals surface area contributed by atoms with Crippen LogP contribution in [-0.4, -0.2) is 16.8 Å². The summed E-state index contributed by atoms with van der Waals surface area (Å²) in [6, 6.07) is 6.31. The Morgan fingerprint density at radius 1 is 1.31 bits per heavy atom. The number of amides is 2. The standard InChI is InChI=1S/C10H11N3O2S/c11-8(16)5-9(14)13-7-3-1-2-6(4-7)10(12)15/h1-4H,5H2,(H2,11,16)(H2,12,15)(H,13,14). The number of thiocarbonyl (C=S) groups is 1. The summed E-state index contributed by atoms with van der Waals surface area (Å²) < 4.78 is 0. The van der Waals surface area contributed by atoms with Gasteiger partial charge in [-0.15, -0.1) is 0 Å². The second kappa shape index (κ2) is 5.22. The highest BCUT2D eigenvalue weighted by Crippen LogP contribution is 2.10. The third-order valence-corrected chi connectivity index (χ3v) is 1.91. The Morgan fingerprint density at radius 3 is 2.56 bits per heavy atom. The summed E-state index contributed by atoms with van der Waals surface area (Å²) in [5.41, 5.74) is 11.1. The average Bonchev–Trinajstić information content (AvgIpc) is 2.16. The Bertz CT molecular complexity index is 445. The summed E-state index contributed by atoms with van der Waals surface area (Å²) in [5.74, 6) is -0.875. The highest BCUT2D eigenvalue weighted by molar-refractivity contribution is 7.80. The SMILES string of the molecule is NC(=O)c1cccc(NC(=O)CC(N)=S)c1. The number of benzene rings is 1. The minimum atomic E-state index is -0.551. The van der Waals surface area contributed by atoms with Gasteiger partial charge in [-0.3, -0.25) is 9.59 Å². The topological polar surface area (TPSA) is 98.2 Å². The van der Waals surface area contributed by atoms with Crippen molar-refractivity contribution < 1.29 is 9.59 Å². The van der Waals surface area contributed by atoms with Crippen molar-refractivity contribution in [2.45, 2.75) is 6.42 Å². The molecule has 0 aliphatic heterocycles. The normalized spacial score (nSPS) is 9.50. The third kappa shape index (κ3) is 3.66. The molecule has 0 unspecified atom stereocenters. The van der Waals surface area contributed by atoms with Crippen molar-refractivity contribution in [1.82, 2.24) is 0 Å². The molecule has 5 N–H and O–H groups in total. The van der Waals surface area contributed by atoms with Crippen molar-refractivity contribution in [3.8, 4) is 0 Å². The summed E-state index contributed by atoms with van der Waals surface area (Å²) in [7, 11) is 0. The molecule has 0 spiro atoms. The summed E-state index contributed by atoms with van der Waals surface area (Å²) in [4.78, 5) is 22.3. The molecule has 5 nitrogen and oxygen atoms in total. The van der Waals surface area contributed by atoms with Crippen molar-refractivity contribution in [3.05, 3.63) is 29.8 Å². The number of nitrogens with one attached hydrogen (secondary N) is 1. The number of hydrogen-bond acceptors (Lipinski definition) is 3. The number of nitrogens with two attached hydrogens (primary N) is 2. The lowest BCUT2D eigenvalue weighted by Crippen LogP contribution is -2.20. The number of rotatable bonds is 4. The molecule has 0 aromatic heterocycles. The Kier molecular flexibility index (Phi) is 3.96. The van der Waals surface area contributed by atoms with Crippen LogP contribution in [0.25, 0.3) is 0 Å². The van der Waals surface area contributed by atoms with Gasteiger partial charge in [-0.2, -0.15) is 0 Å². The zero-order chi connectivity index (χ0) is 12.1. The highest BCUT2D eigenvalue weighted by Gasteiger charge is 2.05. The van der Waals surface area contributed by atoms with Gasteiger partial charge in [0.2, 0.25) is 11.8 Å². The molecule has 2 amide bonds. The molecule has 1 aromatic carbocycles. The minimum absolute atomic E-state index is 0.0316. The lowest BCUT2D eigenvalue weighted by Gasteiger charge is -2.05. The van der Waals surface area contributed by atoms with Crippen LogP contribution in [0, 0.1) is 0 Å². The van der Waals surface area contributed by atoms with Gasteiger partial charge in [0.05, 0.1) is 11.4 Å².